The van der Waals surface area contributed by atoms with Crippen LogP contribution in [0.25, 0.3) is 0 Å². The van der Waals surface area contributed by atoms with Crippen LogP contribution in [0, 0.1) is 6.92 Å². The molecule has 0 saturated carbocycles. The number of urea groups is 1. The number of anilines is 2. The molecule has 0 spiro atoms. The number of rotatable bonds is 8. The molecule has 0 radical (unpaired) electrons. The maximum atomic E-state index is 13.3. The van der Waals surface area contributed by atoms with E-state index in [1.165, 1.54) is 18.4 Å². The van der Waals surface area contributed by atoms with Crippen molar-refractivity contribution in [1.82, 2.24) is 9.97 Å². The van der Waals surface area contributed by atoms with Crippen molar-refractivity contribution in [2.75, 3.05) is 17.7 Å². The quantitative estimate of drug-likeness (QED) is 0.232. The second kappa shape index (κ2) is 11.0. The number of pyridine rings is 1. The largest absolute Gasteiger partial charge is 0.496 e. The van der Waals surface area contributed by atoms with E-state index in [1.807, 2.05) is 25.1 Å². The van der Waals surface area contributed by atoms with Crippen LogP contribution in [0.5, 0.6) is 5.75 Å². The van der Waals surface area contributed by atoms with Crippen molar-refractivity contribution < 1.29 is 14.3 Å². The van der Waals surface area contributed by atoms with Crippen LogP contribution in [0.2, 0.25) is 0 Å². The first-order valence-corrected chi connectivity index (χ1v) is 12.2. The van der Waals surface area contributed by atoms with Crippen molar-refractivity contribution in [3.05, 3.63) is 94.8 Å². The highest BCUT2D eigenvalue weighted by Gasteiger charge is 2.19. The molecule has 0 aliphatic rings. The molecule has 0 unspecified atom stereocenters. The first-order chi connectivity index (χ1) is 16.5. The Bertz CT molecular complexity index is 1310. The number of aryl methyl sites for hydroxylation is 1. The number of ketones is 1. The summed E-state index contributed by atoms with van der Waals surface area (Å²) in [5, 5.41) is 6.02. The second-order valence-electron chi connectivity index (χ2n) is 7.26. The predicted molar refractivity (Wildman–Crippen MR) is 136 cm³/mol. The van der Waals surface area contributed by atoms with Gasteiger partial charge in [0, 0.05) is 39.7 Å². The molecule has 4 rings (SSSR count). The summed E-state index contributed by atoms with van der Waals surface area (Å²) in [5.41, 5.74) is 2.12. The molecule has 0 aliphatic carbocycles. The lowest BCUT2D eigenvalue weighted by molar-refractivity contribution is 0.103. The molecule has 7 nitrogen and oxygen atoms in total. The number of para-hydroxylation sites is 1. The van der Waals surface area contributed by atoms with E-state index in [1.54, 1.807) is 66.8 Å². The molecule has 2 aromatic heterocycles. The number of thiazole rings is 1. The Hall–Kier alpha value is -3.69. The molecule has 2 N–H and O–H groups in total. The maximum Gasteiger partial charge on any atom is 0.325 e. The van der Waals surface area contributed by atoms with Gasteiger partial charge < -0.3 is 10.1 Å². The molecule has 0 fully saturated rings. The number of aromatic nitrogens is 2. The lowest BCUT2D eigenvalue weighted by atomic mass is 9.99. The third-order valence-corrected chi connectivity index (χ3v) is 6.98. The van der Waals surface area contributed by atoms with Crippen LogP contribution in [-0.2, 0) is 5.75 Å². The van der Waals surface area contributed by atoms with E-state index in [0.717, 1.165) is 21.1 Å². The van der Waals surface area contributed by atoms with E-state index in [9.17, 15) is 9.59 Å². The van der Waals surface area contributed by atoms with Crippen molar-refractivity contribution in [3.63, 3.8) is 0 Å². The van der Waals surface area contributed by atoms with Crippen LogP contribution in [-0.4, -0.2) is 28.9 Å². The molecule has 172 valence electrons. The third kappa shape index (κ3) is 5.81. The zero-order valence-electron chi connectivity index (χ0n) is 18.6. The predicted octanol–water partition coefficient (Wildman–Crippen LogP) is 6.02. The number of hydrogen-bond acceptors (Lipinski definition) is 7. The molecule has 34 heavy (non-hydrogen) atoms. The fourth-order valence-electron chi connectivity index (χ4n) is 3.20. The van der Waals surface area contributed by atoms with Gasteiger partial charge in [-0.15, -0.1) is 23.1 Å². The number of thioether (sulfide) groups is 1. The molecule has 4 aromatic rings. The van der Waals surface area contributed by atoms with Crippen LogP contribution in [0.3, 0.4) is 0 Å². The zero-order chi connectivity index (χ0) is 23.9. The molecule has 2 amide bonds. The average Bonchev–Trinajstić information content (AvgIpc) is 3.31. The second-order valence-corrected chi connectivity index (χ2v) is 9.42. The van der Waals surface area contributed by atoms with Crippen molar-refractivity contribution in [3.8, 4) is 5.75 Å². The number of methoxy groups -OCH3 is 1. The number of nitrogens with zero attached hydrogens (tertiary/aromatic N) is 2. The van der Waals surface area contributed by atoms with Crippen molar-refractivity contribution >= 4 is 45.7 Å². The van der Waals surface area contributed by atoms with Crippen molar-refractivity contribution in [2.24, 2.45) is 0 Å². The SMILES string of the molecule is COc1ccccc1C(=O)c1cc(C)ccc1NC(=O)Nc1ncc(CSc2ccncc2)s1. The highest BCUT2D eigenvalue weighted by atomic mass is 32.2. The summed E-state index contributed by atoms with van der Waals surface area (Å²) in [6, 6.07) is 15.7. The van der Waals surface area contributed by atoms with Crippen LogP contribution >= 0.6 is 23.1 Å². The van der Waals surface area contributed by atoms with E-state index in [4.69, 9.17) is 4.74 Å². The van der Waals surface area contributed by atoms with Crippen LogP contribution < -0.4 is 15.4 Å². The lowest BCUT2D eigenvalue weighted by Gasteiger charge is -2.13. The number of carbonyl (C=O) groups excluding carboxylic acids is 2. The van der Waals surface area contributed by atoms with Crippen molar-refractivity contribution in [2.45, 2.75) is 17.6 Å². The van der Waals surface area contributed by atoms with E-state index in [2.05, 4.69) is 20.6 Å². The summed E-state index contributed by atoms with van der Waals surface area (Å²) in [5.74, 6) is 0.978. The molecule has 0 aliphatic heterocycles. The molecule has 0 atom stereocenters. The summed E-state index contributed by atoms with van der Waals surface area (Å²) in [7, 11) is 1.52. The summed E-state index contributed by atoms with van der Waals surface area (Å²) in [6.07, 6.45) is 5.26. The fraction of sp³-hybridized carbons (Fsp3) is 0.120. The number of carbonyl (C=O) groups is 2. The smallest absolute Gasteiger partial charge is 0.325 e. The molecule has 9 heteroatoms. The van der Waals surface area contributed by atoms with Gasteiger partial charge in [0.25, 0.3) is 0 Å². The molecule has 2 aromatic carbocycles. The van der Waals surface area contributed by atoms with E-state index in [0.29, 0.717) is 27.7 Å². The number of amides is 2. The van der Waals surface area contributed by atoms with Gasteiger partial charge in [0.1, 0.15) is 5.75 Å². The summed E-state index contributed by atoms with van der Waals surface area (Å²) in [6.45, 7) is 1.89. The van der Waals surface area contributed by atoms with Gasteiger partial charge in [0.15, 0.2) is 10.9 Å². The molecular weight excluding hydrogens is 468 g/mol. The first kappa shape index (κ1) is 23.5. The van der Waals surface area contributed by atoms with Gasteiger partial charge in [0.05, 0.1) is 18.4 Å². The Morgan fingerprint density at radius 2 is 1.82 bits per heavy atom. The Labute approximate surface area is 205 Å². The minimum Gasteiger partial charge on any atom is -0.496 e. The van der Waals surface area contributed by atoms with Gasteiger partial charge in [-0.05, 0) is 43.3 Å². The van der Waals surface area contributed by atoms with E-state index in [-0.39, 0.29) is 5.78 Å². The molecule has 2 heterocycles. The number of ether oxygens (including phenoxy) is 1. The summed E-state index contributed by atoms with van der Waals surface area (Å²) in [4.78, 5) is 36.4. The summed E-state index contributed by atoms with van der Waals surface area (Å²) >= 11 is 3.07. The molecular formula is C25H22N4O3S2. The van der Waals surface area contributed by atoms with Gasteiger partial charge in [-0.1, -0.05) is 23.8 Å². The average molecular weight is 491 g/mol. The third-order valence-electron chi connectivity index (χ3n) is 4.82. The topological polar surface area (TPSA) is 93.2 Å². The number of hydrogen-bond donors (Lipinski definition) is 2. The Balaban J connectivity index is 1.45. The fourth-order valence-corrected chi connectivity index (χ4v) is 4.92. The standard InChI is InChI=1S/C25H22N4O3S2/c1-16-7-8-21(20(13-16)23(30)19-5-3-4-6-22(19)32-2)28-24(31)29-25-27-14-18(34-25)15-33-17-9-11-26-12-10-17/h3-14H,15H2,1-2H3,(H2,27,28,29,31). The van der Waals surface area contributed by atoms with Gasteiger partial charge in [-0.25, -0.2) is 9.78 Å². The highest BCUT2D eigenvalue weighted by molar-refractivity contribution is 7.98. The Morgan fingerprint density at radius 1 is 1.03 bits per heavy atom. The van der Waals surface area contributed by atoms with Crippen LogP contribution in [0.4, 0.5) is 15.6 Å². The van der Waals surface area contributed by atoms with E-state index >= 15 is 0 Å². The minimum absolute atomic E-state index is 0.235. The highest BCUT2D eigenvalue weighted by Crippen LogP contribution is 2.28. The van der Waals surface area contributed by atoms with Crippen molar-refractivity contribution in [1.29, 1.82) is 0 Å². The first-order valence-electron chi connectivity index (χ1n) is 10.4. The zero-order valence-corrected chi connectivity index (χ0v) is 20.2. The molecule has 0 bridgehead atoms. The minimum atomic E-state index is -0.472. The molecule has 0 saturated heterocycles. The van der Waals surface area contributed by atoms with Gasteiger partial charge >= 0.3 is 6.03 Å². The van der Waals surface area contributed by atoms with Gasteiger partial charge in [-0.3, -0.25) is 15.1 Å². The lowest BCUT2D eigenvalue weighted by Crippen LogP contribution is -2.21. The van der Waals surface area contributed by atoms with Gasteiger partial charge in [-0.2, -0.15) is 0 Å². The van der Waals surface area contributed by atoms with Crippen LogP contribution in [0.1, 0.15) is 26.4 Å². The Kier molecular flexibility index (Phi) is 7.56. The Morgan fingerprint density at radius 3 is 2.62 bits per heavy atom. The summed E-state index contributed by atoms with van der Waals surface area (Å²) < 4.78 is 5.34. The number of nitrogens with one attached hydrogen (secondary N) is 2. The monoisotopic (exact) mass is 490 g/mol. The van der Waals surface area contributed by atoms with Gasteiger partial charge in [0.2, 0.25) is 0 Å². The van der Waals surface area contributed by atoms with E-state index < -0.39 is 6.03 Å². The normalized spacial score (nSPS) is 10.5. The van der Waals surface area contributed by atoms with Crippen LogP contribution in [0.15, 0.2) is 78.1 Å². The number of benzene rings is 2. The maximum absolute atomic E-state index is 13.3.